The number of hydrogen-bond donors (Lipinski definition) is 0. The van der Waals surface area contributed by atoms with Crippen molar-refractivity contribution < 1.29 is 13.9 Å². The Hall–Kier alpha value is -1.38. The lowest BCUT2D eigenvalue weighted by Gasteiger charge is -2.36. The molecule has 0 aliphatic heterocycles. The van der Waals surface area contributed by atoms with Gasteiger partial charge in [-0.3, -0.25) is 4.79 Å². The van der Waals surface area contributed by atoms with Crippen LogP contribution in [0.15, 0.2) is 18.2 Å². The van der Waals surface area contributed by atoms with Crippen molar-refractivity contribution in [1.82, 2.24) is 0 Å². The fraction of sp³-hybridized carbons (Fsp3) is 0.533. The Balaban J connectivity index is 2.54. The molecular formula is C15H19FO2. The van der Waals surface area contributed by atoms with E-state index < -0.39 is 5.41 Å². The number of methoxy groups -OCH3 is 1. The number of carbonyl (C=O) groups excluding carboxylic acids is 1. The maximum absolute atomic E-state index is 13.5. The van der Waals surface area contributed by atoms with E-state index in [9.17, 15) is 9.18 Å². The van der Waals surface area contributed by atoms with Crippen molar-refractivity contribution in [1.29, 1.82) is 0 Å². The van der Waals surface area contributed by atoms with Gasteiger partial charge in [0, 0.05) is 5.56 Å². The number of hydrogen-bond acceptors (Lipinski definition) is 2. The second-order valence-electron chi connectivity index (χ2n) is 5.04. The lowest BCUT2D eigenvalue weighted by Crippen LogP contribution is -2.36. The number of Topliss-reactive ketones (excluding diaryl/α,β-unsaturated/α-hetero) is 1. The summed E-state index contributed by atoms with van der Waals surface area (Å²) in [6.07, 6.45) is 4.76. The molecule has 0 bridgehead atoms. The zero-order valence-electron chi connectivity index (χ0n) is 11.0. The van der Waals surface area contributed by atoms with Crippen molar-refractivity contribution in [3.8, 4) is 5.75 Å². The number of ketones is 1. The summed E-state index contributed by atoms with van der Waals surface area (Å²) in [6, 6.07) is 4.45. The highest BCUT2D eigenvalue weighted by Crippen LogP contribution is 2.44. The molecule has 0 radical (unpaired) electrons. The van der Waals surface area contributed by atoms with Crippen LogP contribution in [-0.2, 0) is 10.2 Å². The highest BCUT2D eigenvalue weighted by atomic mass is 19.1. The van der Waals surface area contributed by atoms with Crippen molar-refractivity contribution in [2.75, 3.05) is 7.11 Å². The SMILES string of the molecule is COc1ccc(F)cc1C1(C(C)=O)CCCCC1. The summed E-state index contributed by atoms with van der Waals surface area (Å²) in [5, 5.41) is 0. The third-order valence-corrected chi connectivity index (χ3v) is 4.06. The molecule has 1 aliphatic carbocycles. The Kier molecular flexibility index (Phi) is 3.69. The average molecular weight is 250 g/mol. The third-order valence-electron chi connectivity index (χ3n) is 4.06. The van der Waals surface area contributed by atoms with Crippen molar-refractivity contribution in [3.05, 3.63) is 29.6 Å². The number of carbonyl (C=O) groups is 1. The molecule has 0 unspecified atom stereocenters. The zero-order chi connectivity index (χ0) is 13.2. The molecule has 1 saturated carbocycles. The summed E-state index contributed by atoms with van der Waals surface area (Å²) in [5.41, 5.74) is 0.170. The average Bonchev–Trinajstić information content (AvgIpc) is 2.39. The minimum atomic E-state index is -0.550. The molecule has 1 fully saturated rings. The molecule has 3 heteroatoms. The van der Waals surface area contributed by atoms with E-state index in [4.69, 9.17) is 4.74 Å². The van der Waals surface area contributed by atoms with E-state index in [1.165, 1.54) is 12.1 Å². The molecule has 0 saturated heterocycles. The minimum absolute atomic E-state index is 0.117. The largest absolute Gasteiger partial charge is 0.496 e. The summed E-state index contributed by atoms with van der Waals surface area (Å²) in [6.45, 7) is 1.61. The van der Waals surface area contributed by atoms with Crippen LogP contribution in [0.4, 0.5) is 4.39 Å². The first-order valence-electron chi connectivity index (χ1n) is 6.45. The molecule has 0 amide bonds. The fourth-order valence-corrected chi connectivity index (χ4v) is 3.02. The fourth-order valence-electron chi connectivity index (χ4n) is 3.02. The number of halogens is 1. The Morgan fingerprint density at radius 2 is 1.94 bits per heavy atom. The van der Waals surface area contributed by atoms with Gasteiger partial charge in [0.1, 0.15) is 17.3 Å². The van der Waals surface area contributed by atoms with Gasteiger partial charge in [-0.2, -0.15) is 0 Å². The Labute approximate surface area is 107 Å². The van der Waals surface area contributed by atoms with E-state index in [1.807, 2.05) is 0 Å². The molecule has 0 aromatic heterocycles. The van der Waals surface area contributed by atoms with Crippen LogP contribution in [-0.4, -0.2) is 12.9 Å². The summed E-state index contributed by atoms with van der Waals surface area (Å²) < 4.78 is 18.8. The summed E-state index contributed by atoms with van der Waals surface area (Å²) in [7, 11) is 1.56. The van der Waals surface area contributed by atoms with Crippen molar-refractivity contribution in [2.24, 2.45) is 0 Å². The number of ether oxygens (including phenoxy) is 1. The van der Waals surface area contributed by atoms with Gasteiger partial charge >= 0.3 is 0 Å². The molecule has 0 heterocycles. The van der Waals surface area contributed by atoms with Gasteiger partial charge < -0.3 is 4.74 Å². The zero-order valence-corrected chi connectivity index (χ0v) is 11.0. The summed E-state index contributed by atoms with van der Waals surface area (Å²) >= 11 is 0. The molecule has 98 valence electrons. The smallest absolute Gasteiger partial charge is 0.140 e. The molecule has 1 aromatic carbocycles. The van der Waals surface area contributed by atoms with E-state index in [0.717, 1.165) is 37.7 Å². The first-order valence-corrected chi connectivity index (χ1v) is 6.45. The molecule has 2 rings (SSSR count). The molecular weight excluding hydrogens is 231 g/mol. The number of benzene rings is 1. The minimum Gasteiger partial charge on any atom is -0.496 e. The van der Waals surface area contributed by atoms with Crippen molar-refractivity contribution in [2.45, 2.75) is 44.4 Å². The normalized spacial score (nSPS) is 18.4. The second-order valence-corrected chi connectivity index (χ2v) is 5.04. The maximum Gasteiger partial charge on any atom is 0.140 e. The van der Waals surface area contributed by atoms with Gasteiger partial charge in [0.05, 0.1) is 12.5 Å². The lowest BCUT2D eigenvalue weighted by atomic mass is 9.67. The van der Waals surface area contributed by atoms with Gasteiger partial charge in [-0.25, -0.2) is 4.39 Å². The number of rotatable bonds is 3. The van der Waals surface area contributed by atoms with Crippen LogP contribution in [0.3, 0.4) is 0 Å². The van der Waals surface area contributed by atoms with Gasteiger partial charge in [-0.05, 0) is 38.0 Å². The van der Waals surface area contributed by atoms with Crippen LogP contribution in [0, 0.1) is 5.82 Å². The Morgan fingerprint density at radius 3 is 2.50 bits per heavy atom. The topological polar surface area (TPSA) is 26.3 Å². The van der Waals surface area contributed by atoms with Crippen LogP contribution in [0.5, 0.6) is 5.75 Å². The highest BCUT2D eigenvalue weighted by molar-refractivity contribution is 5.89. The molecule has 0 atom stereocenters. The van der Waals surface area contributed by atoms with E-state index in [-0.39, 0.29) is 11.6 Å². The van der Waals surface area contributed by atoms with Gasteiger partial charge in [0.25, 0.3) is 0 Å². The standard InChI is InChI=1S/C15H19FO2/c1-11(17)15(8-4-3-5-9-15)13-10-12(16)6-7-14(13)18-2/h6-7,10H,3-5,8-9H2,1-2H3. The first-order chi connectivity index (χ1) is 8.60. The molecule has 1 aliphatic rings. The van der Waals surface area contributed by atoms with E-state index in [2.05, 4.69) is 0 Å². The molecule has 1 aromatic rings. The Morgan fingerprint density at radius 1 is 1.28 bits per heavy atom. The van der Waals surface area contributed by atoms with Crippen LogP contribution in [0.1, 0.15) is 44.6 Å². The molecule has 2 nitrogen and oxygen atoms in total. The van der Waals surface area contributed by atoms with Gasteiger partial charge in [0.2, 0.25) is 0 Å². The van der Waals surface area contributed by atoms with Crippen molar-refractivity contribution in [3.63, 3.8) is 0 Å². The predicted octanol–water partition coefficient (Wildman–Crippen LogP) is 3.63. The van der Waals surface area contributed by atoms with Crippen LogP contribution in [0.2, 0.25) is 0 Å². The first kappa shape index (κ1) is 13.1. The third kappa shape index (κ3) is 2.14. The van der Waals surface area contributed by atoms with Crippen LogP contribution in [0.25, 0.3) is 0 Å². The van der Waals surface area contributed by atoms with Crippen molar-refractivity contribution >= 4 is 5.78 Å². The second kappa shape index (κ2) is 5.09. The van der Waals surface area contributed by atoms with E-state index in [0.29, 0.717) is 5.75 Å². The highest BCUT2D eigenvalue weighted by Gasteiger charge is 2.40. The summed E-state index contributed by atoms with van der Waals surface area (Å²) in [5.74, 6) is 0.427. The molecule has 0 N–H and O–H groups in total. The van der Waals surface area contributed by atoms with Gasteiger partial charge in [0.15, 0.2) is 0 Å². The van der Waals surface area contributed by atoms with Crippen LogP contribution < -0.4 is 4.74 Å². The van der Waals surface area contributed by atoms with E-state index >= 15 is 0 Å². The van der Waals surface area contributed by atoms with Crippen LogP contribution >= 0.6 is 0 Å². The quantitative estimate of drug-likeness (QED) is 0.819. The maximum atomic E-state index is 13.5. The lowest BCUT2D eigenvalue weighted by molar-refractivity contribution is -0.123. The summed E-state index contributed by atoms with van der Waals surface area (Å²) in [4.78, 5) is 12.1. The van der Waals surface area contributed by atoms with E-state index in [1.54, 1.807) is 20.1 Å². The van der Waals surface area contributed by atoms with Gasteiger partial charge in [-0.15, -0.1) is 0 Å². The predicted molar refractivity (Wildman–Crippen MR) is 68.4 cm³/mol. The molecule has 0 spiro atoms. The van der Waals surface area contributed by atoms with Gasteiger partial charge in [-0.1, -0.05) is 19.3 Å². The monoisotopic (exact) mass is 250 g/mol. The Bertz CT molecular complexity index is 448. The molecule has 18 heavy (non-hydrogen) atoms.